The number of phenols is 1. The van der Waals surface area contributed by atoms with E-state index in [-0.39, 0.29) is 24.5 Å². The maximum absolute atomic E-state index is 13.2. The lowest BCUT2D eigenvalue weighted by molar-refractivity contribution is -0.147. The van der Waals surface area contributed by atoms with Gasteiger partial charge in [0.05, 0.1) is 12.5 Å². The van der Waals surface area contributed by atoms with E-state index in [2.05, 4.69) is 21.3 Å². The molecule has 1 heterocycles. The number of amides is 3. The number of carboxylic acids is 2. The van der Waals surface area contributed by atoms with Gasteiger partial charge >= 0.3 is 11.9 Å². The summed E-state index contributed by atoms with van der Waals surface area (Å²) in [7, 11) is 0. The minimum absolute atomic E-state index is 0.0436. The maximum Gasteiger partial charge on any atom is 0.326 e. The minimum atomic E-state index is -1.66. The second kappa shape index (κ2) is 14.3. The Morgan fingerprint density at radius 3 is 2.19 bits per heavy atom. The quantitative estimate of drug-likeness (QED) is 0.166. The standard InChI is InChI=1S/C23H32N4O8S/c1-36-10-8-16(21(32)27-18(23(34)35)12-19(29)30)25-22(33)17(11-13-4-6-14(28)7-5-13)26-20(31)15-3-2-9-24-15/h4-7,15-18,24,28H,2-3,8-12H2,1H3,(H,25,33)(H,26,31)(H,27,32)(H,29,30)(H,34,35). The van der Waals surface area contributed by atoms with Crippen LogP contribution in [0.1, 0.15) is 31.2 Å². The van der Waals surface area contributed by atoms with Gasteiger partial charge in [-0.3, -0.25) is 19.2 Å². The zero-order valence-electron chi connectivity index (χ0n) is 19.9. The van der Waals surface area contributed by atoms with E-state index >= 15 is 0 Å². The Morgan fingerprint density at radius 1 is 1.00 bits per heavy atom. The monoisotopic (exact) mass is 524 g/mol. The van der Waals surface area contributed by atoms with Crippen molar-refractivity contribution in [1.29, 1.82) is 0 Å². The molecule has 0 aliphatic carbocycles. The predicted molar refractivity (Wildman–Crippen MR) is 132 cm³/mol. The number of aliphatic carboxylic acids is 2. The van der Waals surface area contributed by atoms with Gasteiger partial charge in [-0.05, 0) is 55.5 Å². The van der Waals surface area contributed by atoms with Crippen molar-refractivity contribution >= 4 is 41.4 Å². The molecule has 1 aliphatic rings. The fourth-order valence-corrected chi connectivity index (χ4v) is 4.15. The first-order valence-corrected chi connectivity index (χ1v) is 12.9. The molecule has 3 amide bonds. The molecular formula is C23H32N4O8S. The summed E-state index contributed by atoms with van der Waals surface area (Å²) < 4.78 is 0. The molecule has 4 unspecified atom stereocenters. The van der Waals surface area contributed by atoms with E-state index in [4.69, 9.17) is 5.11 Å². The number of aromatic hydroxyl groups is 1. The average Bonchev–Trinajstić information content (AvgIpc) is 3.37. The fourth-order valence-electron chi connectivity index (χ4n) is 3.68. The van der Waals surface area contributed by atoms with Crippen LogP contribution in [0, 0.1) is 0 Å². The molecule has 198 valence electrons. The summed E-state index contributed by atoms with van der Waals surface area (Å²) >= 11 is 1.41. The Labute approximate surface area is 212 Å². The highest BCUT2D eigenvalue weighted by Crippen LogP contribution is 2.13. The molecule has 0 bridgehead atoms. The predicted octanol–water partition coefficient (Wildman–Crippen LogP) is -0.546. The van der Waals surface area contributed by atoms with Crippen molar-refractivity contribution < 1.29 is 39.3 Å². The molecule has 1 fully saturated rings. The molecule has 36 heavy (non-hydrogen) atoms. The van der Waals surface area contributed by atoms with Gasteiger partial charge in [0.2, 0.25) is 17.7 Å². The van der Waals surface area contributed by atoms with Crippen LogP contribution in [0.4, 0.5) is 0 Å². The summed E-state index contributed by atoms with van der Waals surface area (Å²) in [5, 5.41) is 38.2. The first-order chi connectivity index (χ1) is 17.1. The molecule has 2 rings (SSSR count). The summed E-state index contributed by atoms with van der Waals surface area (Å²) in [5.74, 6) is -4.26. The number of thioether (sulfide) groups is 1. The molecule has 0 spiro atoms. The lowest BCUT2D eigenvalue weighted by Gasteiger charge is -2.25. The Morgan fingerprint density at radius 2 is 1.64 bits per heavy atom. The highest BCUT2D eigenvalue weighted by atomic mass is 32.2. The van der Waals surface area contributed by atoms with Crippen molar-refractivity contribution in [2.75, 3.05) is 18.6 Å². The Bertz CT molecular complexity index is 937. The topological polar surface area (TPSA) is 194 Å². The number of rotatable bonds is 14. The Balaban J connectivity index is 2.18. The second-order valence-electron chi connectivity index (χ2n) is 8.42. The molecule has 0 saturated carbocycles. The van der Waals surface area contributed by atoms with E-state index in [0.717, 1.165) is 6.42 Å². The van der Waals surface area contributed by atoms with E-state index in [1.54, 1.807) is 18.4 Å². The zero-order valence-corrected chi connectivity index (χ0v) is 20.7. The lowest BCUT2D eigenvalue weighted by atomic mass is 10.0. The van der Waals surface area contributed by atoms with E-state index in [1.165, 1.54) is 23.9 Å². The first-order valence-electron chi connectivity index (χ1n) is 11.5. The summed E-state index contributed by atoms with van der Waals surface area (Å²) in [4.78, 5) is 61.1. The van der Waals surface area contributed by atoms with Gasteiger partial charge in [-0.1, -0.05) is 12.1 Å². The molecule has 1 aliphatic heterocycles. The molecule has 1 aromatic carbocycles. The number of hydrogen-bond acceptors (Lipinski definition) is 8. The van der Waals surface area contributed by atoms with Crippen LogP contribution in [-0.2, 0) is 30.4 Å². The van der Waals surface area contributed by atoms with E-state index in [0.29, 0.717) is 24.3 Å². The summed E-state index contributed by atoms with van der Waals surface area (Å²) in [6.45, 7) is 0.685. The number of hydrogen-bond donors (Lipinski definition) is 7. The van der Waals surface area contributed by atoms with Crippen molar-refractivity contribution in [3.63, 3.8) is 0 Å². The number of phenolic OH excluding ortho intramolecular Hbond substituents is 1. The SMILES string of the molecule is CSCCC(NC(=O)C(Cc1ccc(O)cc1)NC(=O)C1CCCN1)C(=O)NC(CC(=O)O)C(=O)O. The molecule has 0 radical (unpaired) electrons. The molecule has 1 aromatic rings. The smallest absolute Gasteiger partial charge is 0.326 e. The zero-order chi connectivity index (χ0) is 26.7. The lowest BCUT2D eigenvalue weighted by Crippen LogP contribution is -2.57. The minimum Gasteiger partial charge on any atom is -0.508 e. The summed E-state index contributed by atoms with van der Waals surface area (Å²) in [6, 6.07) is 1.82. The van der Waals surface area contributed by atoms with Crippen LogP contribution in [0.5, 0.6) is 5.75 Å². The second-order valence-corrected chi connectivity index (χ2v) is 9.41. The van der Waals surface area contributed by atoms with Crippen LogP contribution in [0.3, 0.4) is 0 Å². The average molecular weight is 525 g/mol. The van der Waals surface area contributed by atoms with Gasteiger partial charge in [0.25, 0.3) is 0 Å². The van der Waals surface area contributed by atoms with Crippen molar-refractivity contribution in [3.05, 3.63) is 29.8 Å². The van der Waals surface area contributed by atoms with E-state index in [1.807, 2.05) is 0 Å². The van der Waals surface area contributed by atoms with Crippen molar-refractivity contribution in [3.8, 4) is 5.75 Å². The summed E-state index contributed by atoms with van der Waals surface area (Å²) in [6.07, 6.45) is 2.66. The molecule has 1 saturated heterocycles. The third kappa shape index (κ3) is 9.38. The highest BCUT2D eigenvalue weighted by molar-refractivity contribution is 7.98. The molecule has 0 aromatic heterocycles. The normalized spacial score (nSPS) is 17.4. The number of carbonyl (C=O) groups is 5. The van der Waals surface area contributed by atoms with Gasteiger partial charge in [0.1, 0.15) is 23.9 Å². The molecule has 7 N–H and O–H groups in total. The van der Waals surface area contributed by atoms with Gasteiger partial charge in [0.15, 0.2) is 0 Å². The van der Waals surface area contributed by atoms with Crippen LogP contribution in [0.15, 0.2) is 24.3 Å². The van der Waals surface area contributed by atoms with Gasteiger partial charge in [-0.25, -0.2) is 4.79 Å². The van der Waals surface area contributed by atoms with E-state index in [9.17, 15) is 34.2 Å². The fraction of sp³-hybridized carbons (Fsp3) is 0.522. The Hall–Kier alpha value is -3.32. The van der Waals surface area contributed by atoms with Gasteiger partial charge in [-0.15, -0.1) is 0 Å². The highest BCUT2D eigenvalue weighted by Gasteiger charge is 2.32. The molecule has 12 nitrogen and oxygen atoms in total. The Kier molecular flexibility index (Phi) is 11.5. The van der Waals surface area contributed by atoms with Gasteiger partial charge < -0.3 is 36.6 Å². The van der Waals surface area contributed by atoms with Crippen molar-refractivity contribution in [2.45, 2.75) is 56.3 Å². The van der Waals surface area contributed by atoms with Gasteiger partial charge in [-0.2, -0.15) is 11.8 Å². The molecule has 4 atom stereocenters. The molecular weight excluding hydrogens is 492 g/mol. The van der Waals surface area contributed by atoms with Crippen LogP contribution >= 0.6 is 11.8 Å². The number of carboxylic acid groups (broad SMARTS) is 2. The van der Waals surface area contributed by atoms with Crippen molar-refractivity contribution in [2.24, 2.45) is 0 Å². The van der Waals surface area contributed by atoms with Crippen molar-refractivity contribution in [1.82, 2.24) is 21.3 Å². The van der Waals surface area contributed by atoms with Crippen LogP contribution < -0.4 is 21.3 Å². The van der Waals surface area contributed by atoms with Crippen LogP contribution in [-0.4, -0.2) is 87.7 Å². The van der Waals surface area contributed by atoms with E-state index < -0.39 is 54.3 Å². The number of nitrogens with one attached hydrogen (secondary N) is 4. The molecule has 13 heteroatoms. The maximum atomic E-state index is 13.2. The number of carbonyl (C=O) groups excluding carboxylic acids is 3. The largest absolute Gasteiger partial charge is 0.508 e. The van der Waals surface area contributed by atoms with Gasteiger partial charge in [0, 0.05) is 6.42 Å². The third-order valence-electron chi connectivity index (χ3n) is 5.62. The van der Waals surface area contributed by atoms with Crippen LogP contribution in [0.25, 0.3) is 0 Å². The van der Waals surface area contributed by atoms with Crippen LogP contribution in [0.2, 0.25) is 0 Å². The summed E-state index contributed by atoms with van der Waals surface area (Å²) in [5.41, 5.74) is 0.658. The third-order valence-corrected chi connectivity index (χ3v) is 6.27. The number of benzene rings is 1. The first kappa shape index (κ1) is 28.9.